The van der Waals surface area contributed by atoms with Crippen LogP contribution in [0.2, 0.25) is 0 Å². The lowest BCUT2D eigenvalue weighted by Gasteiger charge is -2.17. The molecule has 22 heavy (non-hydrogen) atoms. The summed E-state index contributed by atoms with van der Waals surface area (Å²) in [7, 11) is 3.17. The van der Waals surface area contributed by atoms with E-state index in [2.05, 4.69) is 0 Å². The van der Waals surface area contributed by atoms with Crippen molar-refractivity contribution in [1.82, 2.24) is 9.80 Å². The SMILES string of the molecule is CN(C)C(=O)CN1C(=O)C(=Cc2cc(F)ccc2O)SC1=S. The molecule has 2 amide bonds. The smallest absolute Gasteiger partial charge is 0.266 e. The number of carbonyl (C=O) groups excluding carboxylic acids is 2. The fraction of sp³-hybridized carbons (Fsp3) is 0.214. The molecule has 0 atom stereocenters. The van der Waals surface area contributed by atoms with E-state index >= 15 is 0 Å². The summed E-state index contributed by atoms with van der Waals surface area (Å²) in [5.74, 6) is -1.36. The molecular weight excluding hydrogens is 327 g/mol. The Kier molecular flexibility index (Phi) is 4.82. The molecule has 1 saturated heterocycles. The maximum atomic E-state index is 13.2. The molecule has 5 nitrogen and oxygen atoms in total. The maximum Gasteiger partial charge on any atom is 0.266 e. The van der Waals surface area contributed by atoms with E-state index in [9.17, 15) is 19.1 Å². The van der Waals surface area contributed by atoms with Crippen LogP contribution in [0.4, 0.5) is 4.39 Å². The zero-order valence-corrected chi connectivity index (χ0v) is 13.5. The largest absolute Gasteiger partial charge is 0.507 e. The first-order chi connectivity index (χ1) is 10.3. The van der Waals surface area contributed by atoms with Crippen molar-refractivity contribution in [1.29, 1.82) is 0 Å². The Morgan fingerprint density at radius 1 is 1.50 bits per heavy atom. The Balaban J connectivity index is 2.26. The topological polar surface area (TPSA) is 60.9 Å². The molecule has 116 valence electrons. The molecule has 0 saturated carbocycles. The van der Waals surface area contributed by atoms with E-state index in [1.165, 1.54) is 21.9 Å². The minimum absolute atomic E-state index is 0.143. The lowest BCUT2D eigenvalue weighted by molar-refractivity contribution is -0.133. The summed E-state index contributed by atoms with van der Waals surface area (Å²) in [6.45, 7) is -0.149. The van der Waals surface area contributed by atoms with Gasteiger partial charge in [-0.3, -0.25) is 14.5 Å². The number of phenols is 1. The van der Waals surface area contributed by atoms with Crippen molar-refractivity contribution in [2.24, 2.45) is 0 Å². The molecule has 1 fully saturated rings. The fourth-order valence-electron chi connectivity index (χ4n) is 1.70. The van der Waals surface area contributed by atoms with Gasteiger partial charge in [0, 0.05) is 19.7 Å². The number of hydrogen-bond donors (Lipinski definition) is 1. The minimum Gasteiger partial charge on any atom is -0.507 e. The van der Waals surface area contributed by atoms with Crippen molar-refractivity contribution >= 4 is 46.2 Å². The number of aromatic hydroxyl groups is 1. The molecule has 0 spiro atoms. The Bertz CT molecular complexity index is 689. The first kappa shape index (κ1) is 16.4. The third-order valence-corrected chi connectivity index (χ3v) is 4.32. The molecule has 0 bridgehead atoms. The Morgan fingerprint density at radius 2 is 2.18 bits per heavy atom. The number of thioether (sulfide) groups is 1. The monoisotopic (exact) mass is 340 g/mol. The number of nitrogens with zero attached hydrogens (tertiary/aromatic N) is 2. The number of hydrogen-bond acceptors (Lipinski definition) is 5. The van der Waals surface area contributed by atoms with E-state index in [4.69, 9.17) is 12.2 Å². The molecule has 8 heteroatoms. The van der Waals surface area contributed by atoms with Crippen LogP contribution in [0, 0.1) is 5.82 Å². The average molecular weight is 340 g/mol. The Hall–Kier alpha value is -1.93. The van der Waals surface area contributed by atoms with Gasteiger partial charge in [0.05, 0.1) is 4.91 Å². The van der Waals surface area contributed by atoms with Crippen molar-refractivity contribution in [2.75, 3.05) is 20.6 Å². The van der Waals surface area contributed by atoms with Crippen molar-refractivity contribution in [2.45, 2.75) is 0 Å². The van der Waals surface area contributed by atoms with Crippen LogP contribution < -0.4 is 0 Å². The van der Waals surface area contributed by atoms with Gasteiger partial charge in [-0.05, 0) is 24.3 Å². The summed E-state index contributed by atoms with van der Waals surface area (Å²) in [4.78, 5) is 26.8. The highest BCUT2D eigenvalue weighted by atomic mass is 32.2. The van der Waals surface area contributed by atoms with Crippen LogP contribution in [0.5, 0.6) is 5.75 Å². The van der Waals surface area contributed by atoms with Crippen LogP contribution in [-0.4, -0.2) is 51.7 Å². The highest BCUT2D eigenvalue weighted by Crippen LogP contribution is 2.34. The summed E-state index contributed by atoms with van der Waals surface area (Å²) in [5.41, 5.74) is 0.180. The first-order valence-corrected chi connectivity index (χ1v) is 7.46. The molecule has 1 N–H and O–H groups in total. The molecule has 1 aliphatic rings. The van der Waals surface area contributed by atoms with Crippen molar-refractivity contribution < 1.29 is 19.1 Å². The van der Waals surface area contributed by atoms with Crippen molar-refractivity contribution in [3.63, 3.8) is 0 Å². The normalized spacial score (nSPS) is 16.5. The molecule has 0 aliphatic carbocycles. The average Bonchev–Trinajstić information content (AvgIpc) is 2.70. The van der Waals surface area contributed by atoms with Gasteiger partial charge in [0.15, 0.2) is 0 Å². The van der Waals surface area contributed by atoms with Gasteiger partial charge in [-0.2, -0.15) is 0 Å². The lowest BCUT2D eigenvalue weighted by atomic mass is 10.2. The molecule has 1 aromatic rings. The Morgan fingerprint density at radius 3 is 2.82 bits per heavy atom. The third-order valence-electron chi connectivity index (χ3n) is 2.94. The van der Waals surface area contributed by atoms with E-state index in [1.54, 1.807) is 14.1 Å². The van der Waals surface area contributed by atoms with Crippen LogP contribution in [0.3, 0.4) is 0 Å². The highest BCUT2D eigenvalue weighted by Gasteiger charge is 2.33. The molecule has 0 unspecified atom stereocenters. The molecule has 2 rings (SSSR count). The number of halogens is 1. The Labute approximate surface area is 136 Å². The number of rotatable bonds is 3. The second-order valence-corrected chi connectivity index (χ2v) is 6.43. The van der Waals surface area contributed by atoms with Gasteiger partial charge in [0.2, 0.25) is 5.91 Å². The summed E-state index contributed by atoms with van der Waals surface area (Å²) in [6.07, 6.45) is 1.36. The van der Waals surface area contributed by atoms with E-state index in [0.29, 0.717) is 0 Å². The van der Waals surface area contributed by atoms with Crippen molar-refractivity contribution in [3.8, 4) is 5.75 Å². The molecule has 1 aliphatic heterocycles. The predicted molar refractivity (Wildman–Crippen MR) is 86.6 cm³/mol. The van der Waals surface area contributed by atoms with Gasteiger partial charge in [-0.15, -0.1) is 0 Å². The van der Waals surface area contributed by atoms with Gasteiger partial charge in [0.25, 0.3) is 5.91 Å². The molecular formula is C14H13FN2O3S2. The third kappa shape index (κ3) is 3.45. The summed E-state index contributed by atoms with van der Waals surface area (Å²) in [5, 5.41) is 9.69. The number of benzene rings is 1. The zero-order valence-electron chi connectivity index (χ0n) is 11.9. The fourth-order valence-corrected chi connectivity index (χ4v) is 2.94. The van der Waals surface area contributed by atoms with Crippen LogP contribution in [0.1, 0.15) is 5.56 Å². The number of thiocarbonyl (C=S) groups is 1. The van der Waals surface area contributed by atoms with Crippen LogP contribution in [0.15, 0.2) is 23.1 Å². The number of carbonyl (C=O) groups is 2. The number of phenolic OH excluding ortho intramolecular Hbond substituents is 1. The minimum atomic E-state index is -0.526. The van der Waals surface area contributed by atoms with Crippen LogP contribution >= 0.6 is 24.0 Å². The van der Waals surface area contributed by atoms with Crippen molar-refractivity contribution in [3.05, 3.63) is 34.5 Å². The van der Waals surface area contributed by atoms with Gasteiger partial charge in [-0.1, -0.05) is 24.0 Å². The van der Waals surface area contributed by atoms with E-state index < -0.39 is 11.7 Å². The quantitative estimate of drug-likeness (QED) is 0.672. The molecule has 0 aromatic heterocycles. The van der Waals surface area contributed by atoms with E-state index in [1.807, 2.05) is 0 Å². The van der Waals surface area contributed by atoms with E-state index in [0.717, 1.165) is 23.9 Å². The first-order valence-electron chi connectivity index (χ1n) is 6.23. The summed E-state index contributed by atoms with van der Waals surface area (Å²) in [6, 6.07) is 3.44. The second kappa shape index (κ2) is 6.45. The highest BCUT2D eigenvalue weighted by molar-refractivity contribution is 8.26. The van der Waals surface area contributed by atoms with Gasteiger partial charge in [-0.25, -0.2) is 4.39 Å². The van der Waals surface area contributed by atoms with Gasteiger partial charge in [0.1, 0.15) is 22.4 Å². The molecule has 1 heterocycles. The standard InChI is InChI=1S/C14H13FN2O3S2/c1-16(2)12(19)7-17-13(20)11(22-14(17)21)6-8-5-9(15)3-4-10(8)18/h3-6,18H,7H2,1-2H3. The lowest BCUT2D eigenvalue weighted by Crippen LogP contribution is -2.38. The van der Waals surface area contributed by atoms with E-state index in [-0.39, 0.29) is 33.0 Å². The molecule has 0 radical (unpaired) electrons. The number of amides is 2. The number of likely N-dealkylation sites (N-methyl/N-ethyl adjacent to an activating group) is 1. The predicted octanol–water partition coefficient (Wildman–Crippen LogP) is 1.82. The summed E-state index contributed by atoms with van der Waals surface area (Å²) >= 11 is 6.10. The van der Waals surface area contributed by atoms with Gasteiger partial charge < -0.3 is 10.0 Å². The zero-order chi connectivity index (χ0) is 16.4. The molecule has 1 aromatic carbocycles. The second-order valence-electron chi connectivity index (χ2n) is 4.76. The summed E-state index contributed by atoms with van der Waals surface area (Å²) < 4.78 is 13.5. The maximum absolute atomic E-state index is 13.2. The van der Waals surface area contributed by atoms with Crippen LogP contribution in [-0.2, 0) is 9.59 Å². The van der Waals surface area contributed by atoms with Crippen LogP contribution in [0.25, 0.3) is 6.08 Å². The van der Waals surface area contributed by atoms with Gasteiger partial charge >= 0.3 is 0 Å².